The van der Waals surface area contributed by atoms with Crippen LogP contribution in [-0.2, 0) is 6.42 Å². The molecule has 0 atom stereocenters. The van der Waals surface area contributed by atoms with Gasteiger partial charge in [0.15, 0.2) is 11.6 Å². The lowest BCUT2D eigenvalue weighted by molar-refractivity contribution is 0.112. The quantitative estimate of drug-likeness (QED) is 0.760. The monoisotopic (exact) mass is 245 g/mol. The molecule has 0 radical (unpaired) electrons. The Balaban J connectivity index is 1.92. The minimum Gasteiger partial charge on any atom is -0.490 e. The van der Waals surface area contributed by atoms with E-state index in [0.29, 0.717) is 24.9 Å². The second-order valence-corrected chi connectivity index (χ2v) is 3.77. The van der Waals surface area contributed by atoms with E-state index in [1.807, 2.05) is 12.1 Å². The molecule has 2 aromatic rings. The fourth-order valence-electron chi connectivity index (χ4n) is 1.53. The van der Waals surface area contributed by atoms with Crippen LogP contribution in [0.5, 0.6) is 5.75 Å². The zero-order valence-corrected chi connectivity index (χ0v) is 9.67. The van der Waals surface area contributed by atoms with Crippen LogP contribution in [0.15, 0.2) is 42.7 Å². The van der Waals surface area contributed by atoms with Gasteiger partial charge in [-0.25, -0.2) is 4.39 Å². The first kappa shape index (κ1) is 12.2. The summed E-state index contributed by atoms with van der Waals surface area (Å²) in [7, 11) is 0. The molecule has 1 aromatic heterocycles. The molecular weight excluding hydrogens is 233 g/mol. The van der Waals surface area contributed by atoms with Crippen LogP contribution in [0, 0.1) is 5.82 Å². The molecule has 3 nitrogen and oxygen atoms in total. The molecule has 18 heavy (non-hydrogen) atoms. The van der Waals surface area contributed by atoms with Crippen LogP contribution in [0.2, 0.25) is 0 Å². The van der Waals surface area contributed by atoms with Gasteiger partial charge in [-0.2, -0.15) is 0 Å². The summed E-state index contributed by atoms with van der Waals surface area (Å²) in [5.41, 5.74) is 1.33. The summed E-state index contributed by atoms with van der Waals surface area (Å²) in [6, 6.07) is 7.92. The first-order valence-electron chi connectivity index (χ1n) is 5.56. The van der Waals surface area contributed by atoms with Crippen molar-refractivity contribution in [3.63, 3.8) is 0 Å². The number of aldehydes is 1. The fourth-order valence-corrected chi connectivity index (χ4v) is 1.53. The third-order valence-corrected chi connectivity index (χ3v) is 2.46. The number of rotatable bonds is 5. The minimum absolute atomic E-state index is 0.157. The number of pyridine rings is 1. The van der Waals surface area contributed by atoms with Gasteiger partial charge < -0.3 is 4.74 Å². The van der Waals surface area contributed by atoms with Crippen molar-refractivity contribution in [3.8, 4) is 5.75 Å². The Labute approximate surface area is 104 Å². The van der Waals surface area contributed by atoms with Crippen molar-refractivity contribution in [2.75, 3.05) is 6.61 Å². The zero-order valence-electron chi connectivity index (χ0n) is 9.67. The largest absolute Gasteiger partial charge is 0.490 e. The summed E-state index contributed by atoms with van der Waals surface area (Å²) >= 11 is 0. The number of nitrogens with zero attached hydrogens (tertiary/aromatic N) is 1. The third kappa shape index (κ3) is 3.13. The average molecular weight is 245 g/mol. The number of benzene rings is 1. The van der Waals surface area contributed by atoms with Crippen LogP contribution in [0.1, 0.15) is 15.9 Å². The molecule has 1 heterocycles. The first-order valence-corrected chi connectivity index (χ1v) is 5.56. The average Bonchev–Trinajstić information content (AvgIpc) is 2.42. The molecule has 0 unspecified atom stereocenters. The van der Waals surface area contributed by atoms with Crippen molar-refractivity contribution in [1.82, 2.24) is 4.98 Å². The molecule has 0 aliphatic carbocycles. The number of hydrogen-bond donors (Lipinski definition) is 0. The molecule has 0 fully saturated rings. The van der Waals surface area contributed by atoms with E-state index in [1.54, 1.807) is 12.4 Å². The fraction of sp³-hybridized carbons (Fsp3) is 0.143. The summed E-state index contributed by atoms with van der Waals surface area (Å²) in [6.45, 7) is 0.364. The van der Waals surface area contributed by atoms with Gasteiger partial charge in [0.05, 0.1) is 6.61 Å². The predicted octanol–water partition coefficient (Wildman–Crippen LogP) is 2.65. The molecule has 0 aliphatic rings. The highest BCUT2D eigenvalue weighted by Crippen LogP contribution is 2.17. The van der Waals surface area contributed by atoms with Gasteiger partial charge in [-0.3, -0.25) is 9.78 Å². The van der Waals surface area contributed by atoms with Crippen molar-refractivity contribution in [3.05, 3.63) is 59.7 Å². The molecule has 0 saturated carbocycles. The van der Waals surface area contributed by atoms with E-state index in [4.69, 9.17) is 4.74 Å². The zero-order chi connectivity index (χ0) is 12.8. The number of carbonyl (C=O) groups is 1. The van der Waals surface area contributed by atoms with Gasteiger partial charge >= 0.3 is 0 Å². The van der Waals surface area contributed by atoms with Crippen molar-refractivity contribution in [1.29, 1.82) is 0 Å². The summed E-state index contributed by atoms with van der Waals surface area (Å²) < 4.78 is 18.8. The molecule has 4 heteroatoms. The Morgan fingerprint density at radius 2 is 2.22 bits per heavy atom. The Morgan fingerprint density at radius 3 is 2.89 bits per heavy atom. The molecule has 2 rings (SSSR count). The van der Waals surface area contributed by atoms with Gasteiger partial charge in [0.2, 0.25) is 0 Å². The van der Waals surface area contributed by atoms with Gasteiger partial charge in [-0.1, -0.05) is 6.07 Å². The number of hydrogen-bond acceptors (Lipinski definition) is 3. The third-order valence-electron chi connectivity index (χ3n) is 2.46. The highest BCUT2D eigenvalue weighted by molar-refractivity contribution is 5.74. The second kappa shape index (κ2) is 5.91. The normalized spacial score (nSPS) is 10.1. The molecule has 0 saturated heterocycles. The molecule has 1 aromatic carbocycles. The lowest BCUT2D eigenvalue weighted by atomic mass is 10.2. The Bertz CT molecular complexity index is 529. The molecule has 0 aliphatic heterocycles. The first-order chi connectivity index (χ1) is 8.79. The summed E-state index contributed by atoms with van der Waals surface area (Å²) in [5, 5.41) is 0. The van der Waals surface area contributed by atoms with E-state index in [1.165, 1.54) is 12.1 Å². The van der Waals surface area contributed by atoms with Gasteiger partial charge in [-0.15, -0.1) is 0 Å². The highest BCUT2D eigenvalue weighted by Gasteiger charge is 2.04. The predicted molar refractivity (Wildman–Crippen MR) is 65.2 cm³/mol. The molecule has 92 valence electrons. The summed E-state index contributed by atoms with van der Waals surface area (Å²) in [5.74, 6) is -0.365. The van der Waals surface area contributed by atoms with Gasteiger partial charge in [-0.05, 0) is 29.8 Å². The van der Waals surface area contributed by atoms with E-state index >= 15 is 0 Å². The molecule has 0 spiro atoms. The molecule has 0 N–H and O–H groups in total. The Morgan fingerprint density at radius 1 is 1.33 bits per heavy atom. The Kier molecular flexibility index (Phi) is 4.02. The summed E-state index contributed by atoms with van der Waals surface area (Å²) in [4.78, 5) is 14.4. The number of carbonyl (C=O) groups excluding carboxylic acids is 1. The van der Waals surface area contributed by atoms with Crippen molar-refractivity contribution in [2.24, 2.45) is 0 Å². The van der Waals surface area contributed by atoms with Gasteiger partial charge in [0, 0.05) is 24.4 Å². The topological polar surface area (TPSA) is 39.2 Å². The van der Waals surface area contributed by atoms with Crippen LogP contribution in [0.25, 0.3) is 0 Å². The number of aromatic nitrogens is 1. The SMILES string of the molecule is O=Cc1ccc(OCCc2cccnc2)c(F)c1. The van der Waals surface area contributed by atoms with Crippen LogP contribution >= 0.6 is 0 Å². The maximum absolute atomic E-state index is 13.5. The van der Waals surface area contributed by atoms with Crippen LogP contribution < -0.4 is 4.74 Å². The second-order valence-electron chi connectivity index (χ2n) is 3.77. The van der Waals surface area contributed by atoms with E-state index in [-0.39, 0.29) is 5.75 Å². The van der Waals surface area contributed by atoms with Crippen molar-refractivity contribution < 1.29 is 13.9 Å². The highest BCUT2D eigenvalue weighted by atomic mass is 19.1. The lowest BCUT2D eigenvalue weighted by Gasteiger charge is -2.07. The van der Waals surface area contributed by atoms with Crippen molar-refractivity contribution in [2.45, 2.75) is 6.42 Å². The molecular formula is C14H12FNO2. The van der Waals surface area contributed by atoms with Crippen LogP contribution in [0.4, 0.5) is 4.39 Å². The van der Waals surface area contributed by atoms with Crippen molar-refractivity contribution >= 4 is 6.29 Å². The van der Waals surface area contributed by atoms with E-state index in [9.17, 15) is 9.18 Å². The number of ether oxygens (including phenoxy) is 1. The minimum atomic E-state index is -0.522. The van der Waals surface area contributed by atoms with E-state index in [0.717, 1.165) is 11.6 Å². The van der Waals surface area contributed by atoms with E-state index in [2.05, 4.69) is 4.98 Å². The van der Waals surface area contributed by atoms with E-state index < -0.39 is 5.82 Å². The van der Waals surface area contributed by atoms with Gasteiger partial charge in [0.25, 0.3) is 0 Å². The Hall–Kier alpha value is -2.23. The maximum Gasteiger partial charge on any atom is 0.165 e. The summed E-state index contributed by atoms with van der Waals surface area (Å²) in [6.07, 6.45) is 4.70. The lowest BCUT2D eigenvalue weighted by Crippen LogP contribution is -2.03. The van der Waals surface area contributed by atoms with Gasteiger partial charge in [0.1, 0.15) is 6.29 Å². The molecule has 0 amide bonds. The smallest absolute Gasteiger partial charge is 0.165 e. The standard InChI is InChI=1S/C14H12FNO2/c15-13-8-12(10-17)3-4-14(13)18-7-5-11-2-1-6-16-9-11/h1-4,6,8-10H,5,7H2. The molecule has 0 bridgehead atoms. The van der Waals surface area contributed by atoms with Crippen LogP contribution in [-0.4, -0.2) is 17.9 Å². The maximum atomic E-state index is 13.5. The number of halogens is 1. The van der Waals surface area contributed by atoms with Crippen LogP contribution in [0.3, 0.4) is 0 Å².